The molecule has 0 heterocycles. The van der Waals surface area contributed by atoms with Crippen LogP contribution >= 0.6 is 11.6 Å². The molecule has 0 amide bonds. The number of benzene rings is 2. The molecule has 21 heavy (non-hydrogen) atoms. The molecular formula is C16H15ClFNO2. The van der Waals surface area contributed by atoms with Crippen LogP contribution in [-0.2, 0) is 9.53 Å². The molecule has 1 atom stereocenters. The van der Waals surface area contributed by atoms with Crippen molar-refractivity contribution >= 4 is 23.3 Å². The van der Waals surface area contributed by atoms with E-state index >= 15 is 0 Å². The molecule has 2 rings (SSSR count). The van der Waals surface area contributed by atoms with E-state index in [1.54, 1.807) is 37.3 Å². The molecule has 0 bridgehead atoms. The van der Waals surface area contributed by atoms with E-state index in [0.717, 1.165) is 5.56 Å². The Morgan fingerprint density at radius 2 is 1.90 bits per heavy atom. The highest BCUT2D eigenvalue weighted by atomic mass is 35.5. The van der Waals surface area contributed by atoms with Gasteiger partial charge in [-0.25, -0.2) is 9.18 Å². The average Bonchev–Trinajstić information content (AvgIpc) is 2.44. The van der Waals surface area contributed by atoms with Crippen LogP contribution < -0.4 is 5.32 Å². The maximum atomic E-state index is 13.4. The third kappa shape index (κ3) is 3.95. The Bertz CT molecular complexity index is 623. The number of carbonyl (C=O) groups excluding carboxylic acids is 1. The second-order valence-electron chi connectivity index (χ2n) is 4.67. The number of ether oxygens (including phenoxy) is 1. The van der Waals surface area contributed by atoms with Crippen LogP contribution in [0.2, 0.25) is 5.02 Å². The maximum absolute atomic E-state index is 13.4. The number of aryl methyl sites for hydroxylation is 1. The summed E-state index contributed by atoms with van der Waals surface area (Å²) < 4.78 is 18.2. The number of esters is 1. The molecular weight excluding hydrogens is 293 g/mol. The van der Waals surface area contributed by atoms with Crippen LogP contribution in [0, 0.1) is 12.7 Å². The highest BCUT2D eigenvalue weighted by Crippen LogP contribution is 2.24. The first kappa shape index (κ1) is 15.3. The quantitative estimate of drug-likeness (QED) is 0.864. The molecule has 0 aliphatic rings. The minimum absolute atomic E-state index is 0.364. The summed E-state index contributed by atoms with van der Waals surface area (Å²) in [6.45, 7) is 1.78. The number of anilines is 1. The molecule has 0 aromatic heterocycles. The van der Waals surface area contributed by atoms with E-state index in [0.29, 0.717) is 16.3 Å². The lowest BCUT2D eigenvalue weighted by molar-refractivity contribution is -0.141. The topological polar surface area (TPSA) is 38.3 Å². The first-order valence-electron chi connectivity index (χ1n) is 6.36. The van der Waals surface area contributed by atoms with E-state index in [9.17, 15) is 9.18 Å². The van der Waals surface area contributed by atoms with E-state index in [2.05, 4.69) is 5.32 Å². The van der Waals surface area contributed by atoms with E-state index in [1.165, 1.54) is 19.2 Å². The van der Waals surface area contributed by atoms with E-state index in [1.807, 2.05) is 0 Å². The summed E-state index contributed by atoms with van der Waals surface area (Å²) >= 11 is 5.85. The zero-order chi connectivity index (χ0) is 15.4. The number of carbonyl (C=O) groups is 1. The van der Waals surface area contributed by atoms with Crippen molar-refractivity contribution in [1.29, 1.82) is 0 Å². The molecule has 0 saturated heterocycles. The van der Waals surface area contributed by atoms with Crippen LogP contribution in [0.3, 0.4) is 0 Å². The summed E-state index contributed by atoms with van der Waals surface area (Å²) in [6.07, 6.45) is 0. The number of hydrogen-bond acceptors (Lipinski definition) is 3. The van der Waals surface area contributed by atoms with Gasteiger partial charge in [-0.15, -0.1) is 0 Å². The summed E-state index contributed by atoms with van der Waals surface area (Å²) in [7, 11) is 1.31. The molecule has 1 N–H and O–H groups in total. The van der Waals surface area contributed by atoms with Crippen LogP contribution in [0.25, 0.3) is 0 Å². The number of halogens is 2. The van der Waals surface area contributed by atoms with Crippen LogP contribution in [0.5, 0.6) is 0 Å². The molecule has 2 aromatic rings. The molecule has 0 aliphatic heterocycles. The lowest BCUT2D eigenvalue weighted by Crippen LogP contribution is -2.22. The third-order valence-corrected chi connectivity index (χ3v) is 3.25. The van der Waals surface area contributed by atoms with Gasteiger partial charge in [0.05, 0.1) is 7.11 Å². The monoisotopic (exact) mass is 307 g/mol. The van der Waals surface area contributed by atoms with Crippen molar-refractivity contribution in [2.75, 3.05) is 12.4 Å². The summed E-state index contributed by atoms with van der Waals surface area (Å²) in [5.41, 5.74) is 1.96. The van der Waals surface area contributed by atoms with E-state index in [4.69, 9.17) is 16.3 Å². The zero-order valence-electron chi connectivity index (χ0n) is 11.7. The standard InChI is InChI=1S/C16H15ClFNO2/c1-10-7-13(18)9-14(8-10)19-15(16(20)21-2)11-3-5-12(17)6-4-11/h3-9,15,19H,1-2H3. The zero-order valence-corrected chi connectivity index (χ0v) is 12.4. The number of methoxy groups -OCH3 is 1. The summed E-state index contributed by atoms with van der Waals surface area (Å²) in [5, 5.41) is 3.56. The van der Waals surface area contributed by atoms with Gasteiger partial charge < -0.3 is 10.1 Å². The van der Waals surface area contributed by atoms with Crippen molar-refractivity contribution in [3.05, 3.63) is 64.4 Å². The highest BCUT2D eigenvalue weighted by molar-refractivity contribution is 6.30. The van der Waals surface area contributed by atoms with Crippen LogP contribution in [-0.4, -0.2) is 13.1 Å². The molecule has 1 unspecified atom stereocenters. The molecule has 0 fully saturated rings. The fourth-order valence-corrected chi connectivity index (χ4v) is 2.16. The molecule has 5 heteroatoms. The SMILES string of the molecule is COC(=O)C(Nc1cc(C)cc(F)c1)c1ccc(Cl)cc1. The lowest BCUT2D eigenvalue weighted by atomic mass is 10.1. The summed E-state index contributed by atoms with van der Waals surface area (Å²) in [4.78, 5) is 12.0. The minimum Gasteiger partial charge on any atom is -0.467 e. The Morgan fingerprint density at radius 1 is 1.24 bits per heavy atom. The van der Waals surface area contributed by atoms with E-state index in [-0.39, 0.29) is 5.82 Å². The second-order valence-corrected chi connectivity index (χ2v) is 5.11. The van der Waals surface area contributed by atoms with Gasteiger partial charge in [0, 0.05) is 10.7 Å². The first-order chi connectivity index (χ1) is 9.99. The molecule has 0 radical (unpaired) electrons. The molecule has 0 aliphatic carbocycles. The van der Waals surface area contributed by atoms with Crippen LogP contribution in [0.4, 0.5) is 10.1 Å². The van der Waals surface area contributed by atoms with Gasteiger partial charge in [0.25, 0.3) is 0 Å². The largest absolute Gasteiger partial charge is 0.467 e. The Hall–Kier alpha value is -2.07. The second kappa shape index (κ2) is 6.59. The van der Waals surface area contributed by atoms with Gasteiger partial charge >= 0.3 is 5.97 Å². The first-order valence-corrected chi connectivity index (χ1v) is 6.74. The van der Waals surface area contributed by atoms with Gasteiger partial charge in [0.15, 0.2) is 6.04 Å². The van der Waals surface area contributed by atoms with Crippen molar-refractivity contribution in [1.82, 2.24) is 0 Å². The van der Waals surface area contributed by atoms with Crippen molar-refractivity contribution in [3.63, 3.8) is 0 Å². The molecule has 110 valence electrons. The van der Waals surface area contributed by atoms with E-state index < -0.39 is 12.0 Å². The Kier molecular flexibility index (Phi) is 4.81. The van der Waals surface area contributed by atoms with Gasteiger partial charge in [-0.1, -0.05) is 23.7 Å². The van der Waals surface area contributed by atoms with Gasteiger partial charge in [0.2, 0.25) is 0 Å². The fraction of sp³-hybridized carbons (Fsp3) is 0.188. The maximum Gasteiger partial charge on any atom is 0.332 e. The molecule has 0 spiro atoms. The smallest absolute Gasteiger partial charge is 0.332 e. The van der Waals surface area contributed by atoms with Crippen molar-refractivity contribution in [2.24, 2.45) is 0 Å². The predicted molar refractivity (Wildman–Crippen MR) is 81.0 cm³/mol. The Labute approximate surface area is 127 Å². The Balaban J connectivity index is 2.32. The summed E-state index contributed by atoms with van der Waals surface area (Å²) in [6, 6.07) is 10.6. The highest BCUT2D eigenvalue weighted by Gasteiger charge is 2.21. The molecule has 3 nitrogen and oxygen atoms in total. The predicted octanol–water partition coefficient (Wildman–Crippen LogP) is 4.11. The Morgan fingerprint density at radius 3 is 2.48 bits per heavy atom. The summed E-state index contributed by atoms with van der Waals surface area (Å²) in [5.74, 6) is -0.823. The van der Waals surface area contributed by atoms with Crippen molar-refractivity contribution in [2.45, 2.75) is 13.0 Å². The third-order valence-electron chi connectivity index (χ3n) is 2.99. The number of rotatable bonds is 4. The molecule has 2 aromatic carbocycles. The van der Waals surface area contributed by atoms with Crippen molar-refractivity contribution in [3.8, 4) is 0 Å². The normalized spacial score (nSPS) is 11.8. The minimum atomic E-state index is -0.728. The van der Waals surface area contributed by atoms with Gasteiger partial charge in [-0.05, 0) is 48.4 Å². The number of hydrogen-bond donors (Lipinski definition) is 1. The molecule has 0 saturated carbocycles. The average molecular weight is 308 g/mol. The van der Waals surface area contributed by atoms with Gasteiger partial charge in [-0.3, -0.25) is 0 Å². The van der Waals surface area contributed by atoms with Crippen molar-refractivity contribution < 1.29 is 13.9 Å². The van der Waals surface area contributed by atoms with Crippen LogP contribution in [0.15, 0.2) is 42.5 Å². The number of nitrogens with one attached hydrogen (secondary N) is 1. The van der Waals surface area contributed by atoms with Gasteiger partial charge in [-0.2, -0.15) is 0 Å². The lowest BCUT2D eigenvalue weighted by Gasteiger charge is -2.18. The van der Waals surface area contributed by atoms with Crippen LogP contribution in [0.1, 0.15) is 17.2 Å². The van der Waals surface area contributed by atoms with Gasteiger partial charge in [0.1, 0.15) is 5.82 Å². The fourth-order valence-electron chi connectivity index (χ4n) is 2.04.